The van der Waals surface area contributed by atoms with Gasteiger partial charge in [0.2, 0.25) is 5.91 Å². The zero-order valence-electron chi connectivity index (χ0n) is 18.5. The van der Waals surface area contributed by atoms with Crippen molar-refractivity contribution >= 4 is 22.7 Å². The minimum atomic E-state index is 0.00284. The highest BCUT2D eigenvalue weighted by Crippen LogP contribution is 2.26. The topological polar surface area (TPSA) is 78.9 Å². The maximum absolute atomic E-state index is 13.6. The summed E-state index contributed by atoms with van der Waals surface area (Å²) in [4.78, 5) is 40.8. The number of nitrogens with zero attached hydrogens (tertiary/aromatic N) is 5. The lowest BCUT2D eigenvalue weighted by molar-refractivity contribution is -0.136. The summed E-state index contributed by atoms with van der Waals surface area (Å²) in [5.41, 5.74) is 3.14. The molecule has 2 aliphatic heterocycles. The van der Waals surface area contributed by atoms with Gasteiger partial charge in [0.1, 0.15) is 0 Å². The van der Waals surface area contributed by atoms with E-state index in [1.54, 1.807) is 12.4 Å². The number of hydrogen-bond acceptors (Lipinski definition) is 6. The molecule has 4 heterocycles. The van der Waals surface area contributed by atoms with E-state index in [1.807, 2.05) is 52.3 Å². The fourth-order valence-corrected chi connectivity index (χ4v) is 4.41. The Bertz CT molecular complexity index is 1140. The molecule has 0 saturated carbocycles. The fraction of sp³-hybridized carbons (Fsp3) is 0.360. The van der Waals surface area contributed by atoms with Crippen LogP contribution < -0.4 is 0 Å². The van der Waals surface area contributed by atoms with Gasteiger partial charge in [-0.2, -0.15) is 0 Å². The average molecular weight is 446 g/mol. The molecule has 2 amide bonds. The van der Waals surface area contributed by atoms with Crippen LogP contribution in [0.3, 0.4) is 0 Å². The summed E-state index contributed by atoms with van der Waals surface area (Å²) in [6.07, 6.45) is 3.45. The van der Waals surface area contributed by atoms with E-state index < -0.39 is 0 Å². The van der Waals surface area contributed by atoms with Gasteiger partial charge in [-0.25, -0.2) is 4.98 Å². The number of pyridine rings is 2. The van der Waals surface area contributed by atoms with Crippen molar-refractivity contribution < 1.29 is 14.3 Å². The van der Waals surface area contributed by atoms with Crippen LogP contribution in [-0.4, -0.2) is 95.5 Å². The monoisotopic (exact) mass is 445 g/mol. The molecule has 2 aromatic heterocycles. The predicted molar refractivity (Wildman–Crippen MR) is 125 cm³/mol. The quantitative estimate of drug-likeness (QED) is 0.611. The summed E-state index contributed by atoms with van der Waals surface area (Å²) < 4.78 is 5.33. The Morgan fingerprint density at radius 1 is 0.879 bits per heavy atom. The number of rotatable bonds is 4. The standard InChI is InChI=1S/C25H27N5O3/c31-24(29-13-15-33-16-14-29)18-28-9-11-30(12-10-28)25(32)21-17-23(19-5-7-26-8-6-19)27-22-4-2-1-3-20(21)22/h1-8,17H,9-16,18H2. The molecule has 8 nitrogen and oxygen atoms in total. The Hall–Kier alpha value is -3.36. The van der Waals surface area contributed by atoms with E-state index in [2.05, 4.69) is 9.88 Å². The molecular formula is C25H27N5O3. The van der Waals surface area contributed by atoms with Crippen molar-refractivity contribution in [3.05, 3.63) is 60.4 Å². The number of para-hydroxylation sites is 1. The van der Waals surface area contributed by atoms with Gasteiger partial charge in [0.15, 0.2) is 0 Å². The van der Waals surface area contributed by atoms with Crippen molar-refractivity contribution in [3.63, 3.8) is 0 Å². The van der Waals surface area contributed by atoms with Gasteiger partial charge in [-0.15, -0.1) is 0 Å². The Kier molecular flexibility index (Phi) is 6.28. The third-order valence-corrected chi connectivity index (χ3v) is 6.30. The highest BCUT2D eigenvalue weighted by atomic mass is 16.5. The lowest BCUT2D eigenvalue weighted by atomic mass is 10.0. The van der Waals surface area contributed by atoms with Crippen molar-refractivity contribution in [2.75, 3.05) is 59.0 Å². The molecule has 33 heavy (non-hydrogen) atoms. The summed E-state index contributed by atoms with van der Waals surface area (Å²) in [5.74, 6) is 0.142. The van der Waals surface area contributed by atoms with Crippen molar-refractivity contribution in [1.82, 2.24) is 24.7 Å². The lowest BCUT2D eigenvalue weighted by Crippen LogP contribution is -2.52. The highest BCUT2D eigenvalue weighted by molar-refractivity contribution is 6.07. The van der Waals surface area contributed by atoms with Crippen molar-refractivity contribution in [3.8, 4) is 11.3 Å². The number of amides is 2. The second kappa shape index (κ2) is 9.64. The predicted octanol–water partition coefficient (Wildman–Crippen LogP) is 1.91. The van der Waals surface area contributed by atoms with E-state index >= 15 is 0 Å². The molecule has 2 saturated heterocycles. The third kappa shape index (κ3) is 4.72. The number of aromatic nitrogens is 2. The molecule has 5 rings (SSSR count). The number of carbonyl (C=O) groups excluding carboxylic acids is 2. The Morgan fingerprint density at radius 2 is 1.61 bits per heavy atom. The van der Waals surface area contributed by atoms with Crippen LogP contribution in [0.25, 0.3) is 22.2 Å². The molecule has 0 radical (unpaired) electrons. The van der Waals surface area contributed by atoms with Crippen LogP contribution in [0.1, 0.15) is 10.4 Å². The number of fused-ring (bicyclic) bond motifs is 1. The molecule has 2 fully saturated rings. The molecule has 0 N–H and O–H groups in total. The summed E-state index contributed by atoms with van der Waals surface area (Å²) in [6.45, 7) is 5.48. The number of hydrogen-bond donors (Lipinski definition) is 0. The first-order chi connectivity index (χ1) is 16.2. The van der Waals surface area contributed by atoms with Crippen LogP contribution in [0.2, 0.25) is 0 Å². The van der Waals surface area contributed by atoms with E-state index in [-0.39, 0.29) is 11.8 Å². The van der Waals surface area contributed by atoms with Crippen LogP contribution >= 0.6 is 0 Å². The lowest BCUT2D eigenvalue weighted by Gasteiger charge is -2.36. The van der Waals surface area contributed by atoms with E-state index in [0.29, 0.717) is 64.6 Å². The van der Waals surface area contributed by atoms with Crippen molar-refractivity contribution in [1.29, 1.82) is 0 Å². The molecule has 3 aromatic rings. The van der Waals surface area contributed by atoms with E-state index in [1.165, 1.54) is 0 Å². The minimum Gasteiger partial charge on any atom is -0.378 e. The zero-order valence-corrected chi connectivity index (χ0v) is 18.5. The smallest absolute Gasteiger partial charge is 0.254 e. The second-order valence-corrected chi connectivity index (χ2v) is 8.37. The van der Waals surface area contributed by atoms with Gasteiger partial charge in [0.05, 0.1) is 36.5 Å². The van der Waals surface area contributed by atoms with Gasteiger partial charge in [0, 0.05) is 62.6 Å². The molecule has 0 unspecified atom stereocenters. The normalized spacial score (nSPS) is 17.3. The number of ether oxygens (including phenoxy) is 1. The Morgan fingerprint density at radius 3 is 2.36 bits per heavy atom. The first kappa shape index (κ1) is 21.5. The second-order valence-electron chi connectivity index (χ2n) is 8.37. The number of piperazine rings is 1. The summed E-state index contributed by atoms with van der Waals surface area (Å²) >= 11 is 0. The van der Waals surface area contributed by atoms with Crippen molar-refractivity contribution in [2.24, 2.45) is 0 Å². The maximum Gasteiger partial charge on any atom is 0.254 e. The molecule has 0 spiro atoms. The van der Waals surface area contributed by atoms with Gasteiger partial charge >= 0.3 is 0 Å². The molecule has 0 bridgehead atoms. The fourth-order valence-electron chi connectivity index (χ4n) is 4.41. The minimum absolute atomic E-state index is 0.00284. The Labute approximate surface area is 192 Å². The number of morpholine rings is 1. The van der Waals surface area contributed by atoms with Gasteiger partial charge in [-0.1, -0.05) is 18.2 Å². The summed E-state index contributed by atoms with van der Waals surface area (Å²) in [7, 11) is 0. The first-order valence-corrected chi connectivity index (χ1v) is 11.4. The van der Waals surface area contributed by atoms with Gasteiger partial charge in [-0.05, 0) is 24.3 Å². The first-order valence-electron chi connectivity index (χ1n) is 11.4. The average Bonchev–Trinajstić information content (AvgIpc) is 2.89. The number of carbonyl (C=O) groups is 2. The maximum atomic E-state index is 13.6. The molecule has 170 valence electrons. The number of benzene rings is 1. The van der Waals surface area contributed by atoms with Crippen LogP contribution in [0, 0.1) is 0 Å². The summed E-state index contributed by atoms with van der Waals surface area (Å²) in [6, 6.07) is 13.4. The van der Waals surface area contributed by atoms with Crippen LogP contribution in [0.4, 0.5) is 0 Å². The van der Waals surface area contributed by atoms with E-state index in [0.717, 1.165) is 22.2 Å². The van der Waals surface area contributed by atoms with Gasteiger partial charge < -0.3 is 14.5 Å². The zero-order chi connectivity index (χ0) is 22.6. The van der Waals surface area contributed by atoms with Gasteiger partial charge in [0.25, 0.3) is 5.91 Å². The van der Waals surface area contributed by atoms with Gasteiger partial charge in [-0.3, -0.25) is 19.5 Å². The molecular weight excluding hydrogens is 418 g/mol. The van der Waals surface area contributed by atoms with E-state index in [4.69, 9.17) is 9.72 Å². The van der Waals surface area contributed by atoms with Crippen LogP contribution in [0.15, 0.2) is 54.9 Å². The molecule has 8 heteroatoms. The Balaban J connectivity index is 1.31. The van der Waals surface area contributed by atoms with E-state index in [9.17, 15) is 9.59 Å². The highest BCUT2D eigenvalue weighted by Gasteiger charge is 2.26. The molecule has 2 aliphatic rings. The summed E-state index contributed by atoms with van der Waals surface area (Å²) in [5, 5.41) is 0.852. The third-order valence-electron chi connectivity index (χ3n) is 6.30. The molecule has 1 aromatic carbocycles. The van der Waals surface area contributed by atoms with Crippen molar-refractivity contribution in [2.45, 2.75) is 0 Å². The molecule has 0 aliphatic carbocycles. The largest absolute Gasteiger partial charge is 0.378 e. The van der Waals surface area contributed by atoms with Crippen LogP contribution in [-0.2, 0) is 9.53 Å². The van der Waals surface area contributed by atoms with Crippen LogP contribution in [0.5, 0.6) is 0 Å². The molecule has 0 atom stereocenters. The SMILES string of the molecule is O=C(CN1CCN(C(=O)c2cc(-c3ccncc3)nc3ccccc23)CC1)N1CCOCC1.